The predicted molar refractivity (Wildman–Crippen MR) is 94.3 cm³/mol. The summed E-state index contributed by atoms with van der Waals surface area (Å²) in [5, 5.41) is 7.33. The van der Waals surface area contributed by atoms with Crippen molar-refractivity contribution in [2.24, 2.45) is 5.41 Å². The molecule has 0 unspecified atom stereocenters. The van der Waals surface area contributed by atoms with Crippen LogP contribution in [0.15, 0.2) is 42.7 Å². The van der Waals surface area contributed by atoms with Crippen molar-refractivity contribution in [3.05, 3.63) is 42.7 Å². The highest BCUT2D eigenvalue weighted by Gasteiger charge is 2.40. The molecule has 2 amide bonds. The van der Waals surface area contributed by atoms with Crippen LogP contribution in [0.1, 0.15) is 38.5 Å². The van der Waals surface area contributed by atoms with Gasteiger partial charge in [0.05, 0.1) is 23.8 Å². The third-order valence-electron chi connectivity index (χ3n) is 5.49. The summed E-state index contributed by atoms with van der Waals surface area (Å²) < 4.78 is 1.78. The Bertz CT molecular complexity index is 703. The van der Waals surface area contributed by atoms with Crippen molar-refractivity contribution in [2.75, 3.05) is 18.4 Å². The smallest absolute Gasteiger partial charge is 0.321 e. The van der Waals surface area contributed by atoms with Crippen molar-refractivity contribution in [3.8, 4) is 5.69 Å². The molecular weight excluding hydrogens is 300 g/mol. The van der Waals surface area contributed by atoms with Crippen molar-refractivity contribution < 1.29 is 4.79 Å². The zero-order valence-electron chi connectivity index (χ0n) is 13.9. The van der Waals surface area contributed by atoms with E-state index in [4.69, 9.17) is 0 Å². The number of aromatic nitrogens is 2. The predicted octanol–water partition coefficient (Wildman–Crippen LogP) is 4.06. The minimum Gasteiger partial charge on any atom is -0.324 e. The topological polar surface area (TPSA) is 50.2 Å². The number of hydrogen-bond donors (Lipinski definition) is 1. The molecule has 5 heteroatoms. The first-order valence-electron chi connectivity index (χ1n) is 8.90. The number of rotatable bonds is 2. The number of benzene rings is 1. The van der Waals surface area contributed by atoms with Gasteiger partial charge in [-0.1, -0.05) is 37.5 Å². The Balaban J connectivity index is 1.39. The van der Waals surface area contributed by atoms with Crippen molar-refractivity contribution in [2.45, 2.75) is 38.5 Å². The molecule has 1 aliphatic heterocycles. The van der Waals surface area contributed by atoms with E-state index in [1.165, 1.54) is 32.1 Å². The fraction of sp³-hybridized carbons (Fsp3) is 0.474. The van der Waals surface area contributed by atoms with Crippen LogP contribution in [-0.4, -0.2) is 33.8 Å². The van der Waals surface area contributed by atoms with Gasteiger partial charge >= 0.3 is 6.03 Å². The number of amides is 2. The number of likely N-dealkylation sites (tertiary alicyclic amines) is 1. The van der Waals surface area contributed by atoms with E-state index in [1.54, 1.807) is 10.9 Å². The highest BCUT2D eigenvalue weighted by Crippen LogP contribution is 2.43. The second-order valence-corrected chi connectivity index (χ2v) is 7.17. The first-order valence-corrected chi connectivity index (χ1v) is 8.90. The first-order chi connectivity index (χ1) is 11.7. The molecule has 1 N–H and O–H groups in total. The lowest BCUT2D eigenvalue weighted by Crippen LogP contribution is -2.36. The van der Waals surface area contributed by atoms with Crippen LogP contribution >= 0.6 is 0 Å². The van der Waals surface area contributed by atoms with Crippen LogP contribution in [0, 0.1) is 5.41 Å². The average Bonchev–Trinajstić information content (AvgIpc) is 3.24. The van der Waals surface area contributed by atoms with Crippen LogP contribution in [0.2, 0.25) is 0 Å². The summed E-state index contributed by atoms with van der Waals surface area (Å²) in [5.41, 5.74) is 2.12. The number of urea groups is 1. The number of anilines is 1. The highest BCUT2D eigenvalue weighted by atomic mass is 16.2. The van der Waals surface area contributed by atoms with E-state index in [-0.39, 0.29) is 6.03 Å². The number of para-hydroxylation sites is 1. The van der Waals surface area contributed by atoms with Gasteiger partial charge in [-0.2, -0.15) is 5.10 Å². The fourth-order valence-electron chi connectivity index (χ4n) is 4.13. The van der Waals surface area contributed by atoms with Crippen LogP contribution in [0.25, 0.3) is 5.69 Å². The number of carbonyl (C=O) groups is 1. The summed E-state index contributed by atoms with van der Waals surface area (Å²) in [7, 11) is 0. The van der Waals surface area contributed by atoms with Gasteiger partial charge in [-0.3, -0.25) is 0 Å². The van der Waals surface area contributed by atoms with Gasteiger partial charge < -0.3 is 10.2 Å². The molecule has 1 aromatic carbocycles. The van der Waals surface area contributed by atoms with Crippen LogP contribution in [0.5, 0.6) is 0 Å². The maximum Gasteiger partial charge on any atom is 0.321 e. The molecule has 0 bridgehead atoms. The number of hydrogen-bond acceptors (Lipinski definition) is 2. The Kier molecular flexibility index (Phi) is 4.00. The van der Waals surface area contributed by atoms with Crippen molar-refractivity contribution in [3.63, 3.8) is 0 Å². The molecule has 126 valence electrons. The molecule has 4 rings (SSSR count). The Morgan fingerprint density at radius 2 is 1.88 bits per heavy atom. The fourth-order valence-corrected chi connectivity index (χ4v) is 4.13. The van der Waals surface area contributed by atoms with Crippen molar-refractivity contribution >= 4 is 11.7 Å². The number of nitrogens with zero attached hydrogens (tertiary/aromatic N) is 3. The van der Waals surface area contributed by atoms with E-state index in [0.717, 1.165) is 30.9 Å². The lowest BCUT2D eigenvalue weighted by atomic mass is 9.73. The van der Waals surface area contributed by atoms with Crippen molar-refractivity contribution in [1.29, 1.82) is 0 Å². The summed E-state index contributed by atoms with van der Waals surface area (Å²) >= 11 is 0. The standard InChI is InChI=1S/C19H24N4O/c24-18(22-12-11-19(15-22)9-5-2-6-10-19)21-16-13-20-23(14-16)17-7-3-1-4-8-17/h1,3-4,7-8,13-14H,2,5-6,9-12,15H2,(H,21,24). The van der Waals surface area contributed by atoms with Gasteiger partial charge in [-0.05, 0) is 36.8 Å². The van der Waals surface area contributed by atoms with E-state index in [1.807, 2.05) is 41.4 Å². The van der Waals surface area contributed by atoms with Crippen LogP contribution in [-0.2, 0) is 0 Å². The van der Waals surface area contributed by atoms with Gasteiger partial charge in [0.25, 0.3) is 0 Å². The maximum absolute atomic E-state index is 12.6. The molecule has 1 saturated heterocycles. The third-order valence-corrected chi connectivity index (χ3v) is 5.49. The Labute approximate surface area is 142 Å². The molecule has 1 spiro atoms. The normalized spacial score (nSPS) is 19.6. The van der Waals surface area contributed by atoms with E-state index in [9.17, 15) is 4.79 Å². The summed E-state index contributed by atoms with van der Waals surface area (Å²) in [6, 6.07) is 9.92. The second-order valence-electron chi connectivity index (χ2n) is 7.17. The molecule has 2 heterocycles. The zero-order valence-corrected chi connectivity index (χ0v) is 13.9. The average molecular weight is 324 g/mol. The molecule has 5 nitrogen and oxygen atoms in total. The summed E-state index contributed by atoms with van der Waals surface area (Å²) in [4.78, 5) is 14.5. The van der Waals surface area contributed by atoms with Gasteiger partial charge in [0.15, 0.2) is 0 Å². The molecule has 2 aliphatic rings. The van der Waals surface area contributed by atoms with Crippen LogP contribution in [0.4, 0.5) is 10.5 Å². The summed E-state index contributed by atoms with van der Waals surface area (Å²) in [5.74, 6) is 0. The maximum atomic E-state index is 12.6. The van der Waals surface area contributed by atoms with E-state index >= 15 is 0 Å². The minimum atomic E-state index is 0.00469. The van der Waals surface area contributed by atoms with E-state index in [0.29, 0.717) is 5.41 Å². The Morgan fingerprint density at radius 1 is 1.08 bits per heavy atom. The molecule has 0 radical (unpaired) electrons. The summed E-state index contributed by atoms with van der Waals surface area (Å²) in [6.07, 6.45) is 11.3. The van der Waals surface area contributed by atoms with Gasteiger partial charge in [-0.25, -0.2) is 9.48 Å². The van der Waals surface area contributed by atoms with Gasteiger partial charge in [0.2, 0.25) is 0 Å². The monoisotopic (exact) mass is 324 g/mol. The SMILES string of the molecule is O=C(Nc1cnn(-c2ccccc2)c1)N1CCC2(CCCCC2)C1. The molecule has 2 fully saturated rings. The lowest BCUT2D eigenvalue weighted by molar-refractivity contribution is 0.184. The van der Waals surface area contributed by atoms with Gasteiger partial charge in [-0.15, -0.1) is 0 Å². The first kappa shape index (κ1) is 15.2. The molecule has 2 aromatic rings. The largest absolute Gasteiger partial charge is 0.324 e. The van der Waals surface area contributed by atoms with Crippen LogP contribution < -0.4 is 5.32 Å². The van der Waals surface area contributed by atoms with Crippen LogP contribution in [0.3, 0.4) is 0 Å². The third kappa shape index (κ3) is 3.03. The Hall–Kier alpha value is -2.30. The summed E-state index contributed by atoms with van der Waals surface area (Å²) in [6.45, 7) is 1.78. The quantitative estimate of drug-likeness (QED) is 0.905. The van der Waals surface area contributed by atoms with Gasteiger partial charge in [0.1, 0.15) is 0 Å². The van der Waals surface area contributed by atoms with Crippen molar-refractivity contribution in [1.82, 2.24) is 14.7 Å². The highest BCUT2D eigenvalue weighted by molar-refractivity contribution is 5.89. The van der Waals surface area contributed by atoms with E-state index in [2.05, 4.69) is 10.4 Å². The molecule has 1 aliphatic carbocycles. The Morgan fingerprint density at radius 3 is 2.67 bits per heavy atom. The number of nitrogens with one attached hydrogen (secondary N) is 1. The molecule has 0 atom stereocenters. The molecular formula is C19H24N4O. The zero-order chi connectivity index (χ0) is 16.4. The minimum absolute atomic E-state index is 0.00469. The molecule has 1 aromatic heterocycles. The van der Waals surface area contributed by atoms with E-state index < -0.39 is 0 Å². The lowest BCUT2D eigenvalue weighted by Gasteiger charge is -2.33. The van der Waals surface area contributed by atoms with Gasteiger partial charge in [0, 0.05) is 13.1 Å². The second kappa shape index (κ2) is 6.30. The molecule has 1 saturated carbocycles. The number of carbonyl (C=O) groups excluding carboxylic acids is 1. The molecule has 24 heavy (non-hydrogen) atoms.